The van der Waals surface area contributed by atoms with E-state index < -0.39 is 5.97 Å². The van der Waals surface area contributed by atoms with Gasteiger partial charge in [-0.2, -0.15) is 5.10 Å². The van der Waals surface area contributed by atoms with Gasteiger partial charge in [0.15, 0.2) is 5.82 Å². The topological polar surface area (TPSA) is 86.1 Å². The molecular weight excluding hydrogens is 272 g/mol. The standard InChI is InChI=1S/C11H17ClN4O3/c1-4-7(13-8(17)6-12)9-14-10(16(3)15-9)11(18)19-5-2/h7H,4-6H2,1-3H3,(H,13,17)/t7-/m0/s1. The van der Waals surface area contributed by atoms with Gasteiger partial charge in [-0.1, -0.05) is 6.92 Å². The highest BCUT2D eigenvalue weighted by molar-refractivity contribution is 6.27. The van der Waals surface area contributed by atoms with Gasteiger partial charge in [0.25, 0.3) is 0 Å². The number of aromatic nitrogens is 3. The molecule has 0 unspecified atom stereocenters. The molecule has 0 saturated carbocycles. The first kappa shape index (κ1) is 15.4. The quantitative estimate of drug-likeness (QED) is 0.618. The van der Waals surface area contributed by atoms with Gasteiger partial charge >= 0.3 is 5.97 Å². The third kappa shape index (κ3) is 3.92. The lowest BCUT2D eigenvalue weighted by molar-refractivity contribution is -0.119. The molecule has 0 bridgehead atoms. The number of hydrogen-bond donors (Lipinski definition) is 1. The summed E-state index contributed by atoms with van der Waals surface area (Å²) in [6.07, 6.45) is 0.592. The summed E-state index contributed by atoms with van der Waals surface area (Å²) in [7, 11) is 1.60. The van der Waals surface area contributed by atoms with E-state index in [-0.39, 0.29) is 30.3 Å². The summed E-state index contributed by atoms with van der Waals surface area (Å²) in [5.74, 6) is -0.503. The van der Waals surface area contributed by atoms with Crippen LogP contribution in [-0.4, -0.2) is 39.1 Å². The fourth-order valence-corrected chi connectivity index (χ4v) is 1.58. The zero-order chi connectivity index (χ0) is 14.4. The van der Waals surface area contributed by atoms with E-state index in [9.17, 15) is 9.59 Å². The Balaban J connectivity index is 2.91. The van der Waals surface area contributed by atoms with Crippen LogP contribution in [0.2, 0.25) is 0 Å². The molecule has 0 radical (unpaired) electrons. The van der Waals surface area contributed by atoms with Crippen molar-refractivity contribution < 1.29 is 14.3 Å². The zero-order valence-corrected chi connectivity index (χ0v) is 11.9. The second-order valence-corrected chi connectivity index (χ2v) is 4.07. The Morgan fingerprint density at radius 1 is 1.47 bits per heavy atom. The van der Waals surface area contributed by atoms with Crippen molar-refractivity contribution in [1.29, 1.82) is 0 Å². The molecule has 1 aromatic heterocycles. The van der Waals surface area contributed by atoms with E-state index in [1.165, 1.54) is 4.68 Å². The van der Waals surface area contributed by atoms with Crippen LogP contribution in [0.3, 0.4) is 0 Å². The molecule has 0 fully saturated rings. The molecule has 0 aliphatic heterocycles. The molecule has 1 N–H and O–H groups in total. The van der Waals surface area contributed by atoms with Gasteiger partial charge in [-0.25, -0.2) is 14.5 Å². The first-order chi connectivity index (χ1) is 9.03. The van der Waals surface area contributed by atoms with Gasteiger partial charge in [0.1, 0.15) is 5.88 Å². The number of nitrogens with zero attached hydrogens (tertiary/aromatic N) is 3. The van der Waals surface area contributed by atoms with Crippen LogP contribution in [0.4, 0.5) is 0 Å². The summed E-state index contributed by atoms with van der Waals surface area (Å²) in [5.41, 5.74) is 0. The van der Waals surface area contributed by atoms with Crippen LogP contribution in [0.5, 0.6) is 0 Å². The van der Waals surface area contributed by atoms with Crippen LogP contribution in [0.15, 0.2) is 0 Å². The Hall–Kier alpha value is -1.63. The van der Waals surface area contributed by atoms with Crippen molar-refractivity contribution in [1.82, 2.24) is 20.1 Å². The molecule has 1 heterocycles. The van der Waals surface area contributed by atoms with Gasteiger partial charge in [0.05, 0.1) is 12.6 Å². The smallest absolute Gasteiger partial charge is 0.376 e. The molecule has 0 aliphatic carbocycles. The lowest BCUT2D eigenvalue weighted by Crippen LogP contribution is -2.29. The number of nitrogens with one attached hydrogen (secondary N) is 1. The van der Waals surface area contributed by atoms with E-state index in [1.54, 1.807) is 14.0 Å². The number of amides is 1. The largest absolute Gasteiger partial charge is 0.460 e. The molecule has 1 atom stereocenters. The lowest BCUT2D eigenvalue weighted by Gasteiger charge is -2.11. The minimum absolute atomic E-state index is 0.107. The van der Waals surface area contributed by atoms with Crippen molar-refractivity contribution >= 4 is 23.5 Å². The third-order valence-electron chi connectivity index (χ3n) is 2.41. The number of halogens is 1. The summed E-state index contributed by atoms with van der Waals surface area (Å²) >= 11 is 5.44. The lowest BCUT2D eigenvalue weighted by atomic mass is 10.2. The Bertz CT molecular complexity index is 461. The first-order valence-electron chi connectivity index (χ1n) is 5.96. The molecule has 0 aromatic carbocycles. The Morgan fingerprint density at radius 3 is 2.68 bits per heavy atom. The molecule has 19 heavy (non-hydrogen) atoms. The summed E-state index contributed by atoms with van der Waals surface area (Å²) in [5, 5.41) is 6.80. The van der Waals surface area contributed by atoms with Crippen LogP contribution in [-0.2, 0) is 16.6 Å². The second-order valence-electron chi connectivity index (χ2n) is 3.80. The number of esters is 1. The van der Waals surface area contributed by atoms with E-state index in [0.717, 1.165) is 0 Å². The molecule has 8 heteroatoms. The molecule has 0 saturated heterocycles. The summed E-state index contributed by atoms with van der Waals surface area (Å²) in [4.78, 5) is 27.0. The normalized spacial score (nSPS) is 12.0. The molecule has 0 spiro atoms. The van der Waals surface area contributed by atoms with Crippen molar-refractivity contribution in [2.24, 2.45) is 7.05 Å². The molecule has 7 nitrogen and oxygen atoms in total. The molecule has 1 aromatic rings. The minimum Gasteiger partial charge on any atom is -0.460 e. The molecule has 1 amide bonds. The fourth-order valence-electron chi connectivity index (χ4n) is 1.51. The van der Waals surface area contributed by atoms with Gasteiger partial charge in [-0.3, -0.25) is 4.79 Å². The van der Waals surface area contributed by atoms with Crippen molar-refractivity contribution in [2.45, 2.75) is 26.3 Å². The van der Waals surface area contributed by atoms with Crippen molar-refractivity contribution in [3.05, 3.63) is 11.6 Å². The van der Waals surface area contributed by atoms with Crippen LogP contribution < -0.4 is 5.32 Å². The van der Waals surface area contributed by atoms with Gasteiger partial charge in [0.2, 0.25) is 11.7 Å². The van der Waals surface area contributed by atoms with Gasteiger partial charge in [0, 0.05) is 7.05 Å². The van der Waals surface area contributed by atoms with E-state index in [4.69, 9.17) is 16.3 Å². The van der Waals surface area contributed by atoms with E-state index in [2.05, 4.69) is 15.4 Å². The SMILES string of the molecule is CCOC(=O)c1nc([C@H](CC)NC(=O)CCl)nn1C. The molecule has 106 valence electrons. The third-order valence-corrected chi connectivity index (χ3v) is 2.66. The van der Waals surface area contributed by atoms with E-state index in [1.807, 2.05) is 6.92 Å². The van der Waals surface area contributed by atoms with E-state index in [0.29, 0.717) is 12.2 Å². The maximum Gasteiger partial charge on any atom is 0.376 e. The Labute approximate surface area is 116 Å². The highest BCUT2D eigenvalue weighted by Gasteiger charge is 2.22. The van der Waals surface area contributed by atoms with Crippen LogP contribution in [0.25, 0.3) is 0 Å². The monoisotopic (exact) mass is 288 g/mol. The summed E-state index contributed by atoms with van der Waals surface area (Å²) in [6.45, 7) is 3.85. The van der Waals surface area contributed by atoms with Crippen molar-refractivity contribution in [2.75, 3.05) is 12.5 Å². The van der Waals surface area contributed by atoms with Crippen molar-refractivity contribution in [3.63, 3.8) is 0 Å². The van der Waals surface area contributed by atoms with Crippen LogP contribution in [0.1, 0.15) is 42.8 Å². The van der Waals surface area contributed by atoms with Gasteiger partial charge in [-0.05, 0) is 13.3 Å². The molecule has 0 aliphatic rings. The number of aryl methyl sites for hydroxylation is 1. The summed E-state index contributed by atoms with van der Waals surface area (Å²) < 4.78 is 6.20. The highest BCUT2D eigenvalue weighted by atomic mass is 35.5. The number of alkyl halides is 1. The average Bonchev–Trinajstić information content (AvgIpc) is 2.77. The predicted octanol–water partition coefficient (Wildman–Crippen LogP) is 0.798. The molecule has 1 rings (SSSR count). The Kier molecular flexibility index (Phi) is 5.75. The van der Waals surface area contributed by atoms with Crippen molar-refractivity contribution in [3.8, 4) is 0 Å². The predicted molar refractivity (Wildman–Crippen MR) is 68.9 cm³/mol. The fraction of sp³-hybridized carbons (Fsp3) is 0.636. The average molecular weight is 289 g/mol. The van der Waals surface area contributed by atoms with Crippen LogP contribution >= 0.6 is 11.6 Å². The zero-order valence-electron chi connectivity index (χ0n) is 11.1. The summed E-state index contributed by atoms with van der Waals surface area (Å²) in [6, 6.07) is -0.374. The van der Waals surface area contributed by atoms with Gasteiger partial charge in [-0.15, -0.1) is 11.6 Å². The minimum atomic E-state index is -0.540. The number of ether oxygens (including phenoxy) is 1. The maximum atomic E-state index is 11.6. The number of rotatable bonds is 6. The number of hydrogen-bond acceptors (Lipinski definition) is 5. The number of carbonyl (C=O) groups excluding carboxylic acids is 2. The Morgan fingerprint density at radius 2 is 2.16 bits per heavy atom. The molecular formula is C11H17ClN4O3. The van der Waals surface area contributed by atoms with E-state index >= 15 is 0 Å². The van der Waals surface area contributed by atoms with Gasteiger partial charge < -0.3 is 10.1 Å². The maximum absolute atomic E-state index is 11.6. The first-order valence-corrected chi connectivity index (χ1v) is 6.50. The number of carbonyl (C=O) groups is 2. The highest BCUT2D eigenvalue weighted by Crippen LogP contribution is 2.13. The second kappa shape index (κ2) is 7.08. The van der Waals surface area contributed by atoms with Crippen LogP contribution in [0, 0.1) is 0 Å².